The Kier molecular flexibility index (Phi) is 5.95. The Hall–Kier alpha value is -3.66. The third-order valence-corrected chi connectivity index (χ3v) is 6.31. The van der Waals surface area contributed by atoms with Crippen molar-refractivity contribution in [1.29, 1.82) is 0 Å². The fraction of sp³-hybridized carbons (Fsp3) is 0.273. The van der Waals surface area contributed by atoms with Crippen LogP contribution in [-0.2, 0) is 13.1 Å². The van der Waals surface area contributed by atoms with E-state index in [0.717, 1.165) is 23.3 Å². The number of nitrogens with two attached hydrogens (primary N) is 1. The van der Waals surface area contributed by atoms with Crippen LogP contribution in [0.1, 0.15) is 25.6 Å². The normalized spacial score (nSPS) is 11.2. The topological polar surface area (TPSA) is 130 Å². The van der Waals surface area contributed by atoms with Crippen molar-refractivity contribution in [2.24, 2.45) is 0 Å². The molecule has 4 rings (SSSR count). The minimum Gasteiger partial charge on any atom is -0.383 e. The van der Waals surface area contributed by atoms with Crippen molar-refractivity contribution in [3.05, 3.63) is 73.4 Å². The molecule has 32 heavy (non-hydrogen) atoms. The second kappa shape index (κ2) is 8.83. The molecule has 4 aromatic rings. The number of hydrogen-bond acceptors (Lipinski definition) is 7. The predicted molar refractivity (Wildman–Crippen MR) is 128 cm³/mol. The molecule has 166 valence electrons. The minimum absolute atomic E-state index is 0.0978. The molecule has 0 aliphatic carbocycles. The van der Waals surface area contributed by atoms with E-state index in [0.29, 0.717) is 22.6 Å². The summed E-state index contributed by atoms with van der Waals surface area (Å²) < 4.78 is 1.36. The summed E-state index contributed by atoms with van der Waals surface area (Å²) in [6.07, 6.45) is 1.64. The van der Waals surface area contributed by atoms with E-state index in [1.54, 1.807) is 11.9 Å². The highest BCUT2D eigenvalue weighted by molar-refractivity contribution is 7.21. The van der Waals surface area contributed by atoms with E-state index < -0.39 is 11.2 Å². The molecule has 0 unspecified atom stereocenters. The van der Waals surface area contributed by atoms with Crippen molar-refractivity contribution < 1.29 is 0 Å². The Morgan fingerprint density at radius 2 is 1.88 bits per heavy atom. The Balaban J connectivity index is 1.69. The first-order chi connectivity index (χ1) is 15.4. The number of nitrogen functional groups attached to an aromatic ring is 1. The van der Waals surface area contributed by atoms with Gasteiger partial charge in [-0.25, -0.2) is 9.78 Å². The standard InChI is InChI=1S/C22H24N6O3S/c1-3-4-10-28-18(23)17(20(30)26-22(28)31)27(2)12-16-24-19(29)14-11-15(32-21(14)25-16)13-8-6-5-7-9-13/h5-9,11H,3-4,10,12,23H2,1-2H3,(H,24,25,29)(H,26,30,31). The van der Waals surface area contributed by atoms with E-state index in [2.05, 4.69) is 15.0 Å². The third-order valence-electron chi connectivity index (χ3n) is 5.23. The monoisotopic (exact) mass is 452 g/mol. The van der Waals surface area contributed by atoms with Gasteiger partial charge >= 0.3 is 5.69 Å². The molecule has 1 aromatic carbocycles. The molecule has 0 aliphatic heterocycles. The zero-order valence-electron chi connectivity index (χ0n) is 17.8. The van der Waals surface area contributed by atoms with Crippen LogP contribution in [0.15, 0.2) is 50.8 Å². The van der Waals surface area contributed by atoms with Gasteiger partial charge in [0, 0.05) is 18.5 Å². The number of hydrogen-bond donors (Lipinski definition) is 3. The van der Waals surface area contributed by atoms with E-state index >= 15 is 0 Å². The molecule has 4 N–H and O–H groups in total. The van der Waals surface area contributed by atoms with E-state index in [4.69, 9.17) is 5.73 Å². The summed E-state index contributed by atoms with van der Waals surface area (Å²) >= 11 is 1.43. The van der Waals surface area contributed by atoms with Crippen LogP contribution in [0.3, 0.4) is 0 Å². The van der Waals surface area contributed by atoms with Crippen LogP contribution in [0.2, 0.25) is 0 Å². The maximum atomic E-state index is 12.7. The largest absolute Gasteiger partial charge is 0.383 e. The van der Waals surface area contributed by atoms with Crippen molar-refractivity contribution in [2.75, 3.05) is 17.7 Å². The predicted octanol–water partition coefficient (Wildman–Crippen LogP) is 2.52. The Labute approximate surface area is 187 Å². The summed E-state index contributed by atoms with van der Waals surface area (Å²) in [6.45, 7) is 2.56. The SMILES string of the molecule is CCCCn1c(N)c(N(C)Cc2nc3sc(-c4ccccc4)cc3c(=O)[nH]2)c(=O)[nH]c1=O. The summed E-state index contributed by atoms with van der Waals surface area (Å²) in [5.74, 6) is 0.497. The number of benzene rings is 1. The van der Waals surface area contributed by atoms with Gasteiger partial charge in [-0.15, -0.1) is 11.3 Å². The lowest BCUT2D eigenvalue weighted by Gasteiger charge is -2.21. The minimum atomic E-state index is -0.575. The molecule has 0 bridgehead atoms. The highest BCUT2D eigenvalue weighted by atomic mass is 32.1. The number of unbranched alkanes of at least 4 members (excludes halogenated alkanes) is 1. The molecule has 0 radical (unpaired) electrons. The van der Waals surface area contributed by atoms with Crippen LogP contribution < -0.4 is 27.4 Å². The molecule has 0 saturated heterocycles. The van der Waals surface area contributed by atoms with E-state index in [1.165, 1.54) is 15.9 Å². The maximum Gasteiger partial charge on any atom is 0.330 e. The summed E-state index contributed by atoms with van der Waals surface area (Å²) in [5, 5.41) is 0.519. The van der Waals surface area contributed by atoms with Gasteiger partial charge in [0.05, 0.1) is 11.9 Å². The third kappa shape index (κ3) is 4.09. The Morgan fingerprint density at radius 1 is 1.12 bits per heavy atom. The molecule has 10 heteroatoms. The molecule has 0 saturated carbocycles. The highest BCUT2D eigenvalue weighted by Gasteiger charge is 2.18. The van der Waals surface area contributed by atoms with Gasteiger partial charge in [-0.05, 0) is 18.1 Å². The van der Waals surface area contributed by atoms with Crippen LogP contribution in [-0.4, -0.2) is 26.6 Å². The molecular formula is C22H24N6O3S. The van der Waals surface area contributed by atoms with Crippen molar-refractivity contribution in [2.45, 2.75) is 32.9 Å². The van der Waals surface area contributed by atoms with E-state index in [9.17, 15) is 14.4 Å². The lowest BCUT2D eigenvalue weighted by atomic mass is 10.2. The number of anilines is 2. The lowest BCUT2D eigenvalue weighted by molar-refractivity contribution is 0.603. The molecule has 3 heterocycles. The van der Waals surface area contributed by atoms with Gasteiger partial charge in [-0.1, -0.05) is 43.7 Å². The van der Waals surface area contributed by atoms with Gasteiger partial charge in [0.1, 0.15) is 22.2 Å². The lowest BCUT2D eigenvalue weighted by Crippen LogP contribution is -2.37. The van der Waals surface area contributed by atoms with Gasteiger partial charge in [-0.2, -0.15) is 0 Å². The average molecular weight is 453 g/mol. The van der Waals surface area contributed by atoms with E-state index in [-0.39, 0.29) is 23.6 Å². The van der Waals surface area contributed by atoms with Crippen LogP contribution >= 0.6 is 11.3 Å². The molecule has 0 fully saturated rings. The summed E-state index contributed by atoms with van der Waals surface area (Å²) in [4.78, 5) is 50.2. The van der Waals surface area contributed by atoms with Crippen molar-refractivity contribution in [3.63, 3.8) is 0 Å². The van der Waals surface area contributed by atoms with Gasteiger partial charge < -0.3 is 15.6 Å². The first kappa shape index (κ1) is 21.6. The Morgan fingerprint density at radius 3 is 2.59 bits per heavy atom. The van der Waals surface area contributed by atoms with Gasteiger partial charge in [0.2, 0.25) is 0 Å². The molecule has 0 aliphatic rings. The van der Waals surface area contributed by atoms with Crippen LogP contribution in [0.25, 0.3) is 20.7 Å². The molecule has 0 amide bonds. The Bertz CT molecular complexity index is 1430. The smallest absolute Gasteiger partial charge is 0.330 e. The van der Waals surface area contributed by atoms with Gasteiger partial charge in [0.25, 0.3) is 11.1 Å². The molecule has 0 atom stereocenters. The maximum absolute atomic E-state index is 12.7. The number of rotatable bonds is 7. The van der Waals surface area contributed by atoms with E-state index in [1.807, 2.05) is 43.3 Å². The zero-order valence-corrected chi connectivity index (χ0v) is 18.7. The number of fused-ring (bicyclic) bond motifs is 1. The van der Waals surface area contributed by atoms with Gasteiger partial charge in [0.15, 0.2) is 0 Å². The number of nitrogens with one attached hydrogen (secondary N) is 2. The second-order valence-electron chi connectivity index (χ2n) is 7.56. The van der Waals surface area contributed by atoms with Gasteiger partial charge in [-0.3, -0.25) is 19.1 Å². The van der Waals surface area contributed by atoms with Crippen LogP contribution in [0.5, 0.6) is 0 Å². The van der Waals surface area contributed by atoms with Crippen LogP contribution in [0, 0.1) is 0 Å². The average Bonchev–Trinajstić information content (AvgIpc) is 3.19. The van der Waals surface area contributed by atoms with Crippen molar-refractivity contribution in [3.8, 4) is 10.4 Å². The zero-order chi connectivity index (χ0) is 22.8. The quantitative estimate of drug-likeness (QED) is 0.395. The number of nitrogens with zero attached hydrogens (tertiary/aromatic N) is 3. The number of aromatic amines is 2. The molecule has 9 nitrogen and oxygen atoms in total. The summed E-state index contributed by atoms with van der Waals surface area (Å²) in [7, 11) is 1.67. The number of H-pyrrole nitrogens is 2. The number of aromatic nitrogens is 4. The fourth-order valence-electron chi connectivity index (χ4n) is 3.58. The number of thiophene rings is 1. The second-order valence-corrected chi connectivity index (χ2v) is 8.59. The van der Waals surface area contributed by atoms with Crippen molar-refractivity contribution in [1.82, 2.24) is 19.5 Å². The fourth-order valence-corrected chi connectivity index (χ4v) is 4.64. The summed E-state index contributed by atoms with van der Waals surface area (Å²) in [6, 6.07) is 11.6. The van der Waals surface area contributed by atoms with Crippen LogP contribution in [0.4, 0.5) is 11.5 Å². The molecule has 3 aromatic heterocycles. The molecular weight excluding hydrogens is 428 g/mol. The summed E-state index contributed by atoms with van der Waals surface area (Å²) in [5.41, 5.74) is 6.01. The highest BCUT2D eigenvalue weighted by Crippen LogP contribution is 2.30. The first-order valence-corrected chi connectivity index (χ1v) is 11.1. The first-order valence-electron chi connectivity index (χ1n) is 10.3. The molecule has 0 spiro atoms. The van der Waals surface area contributed by atoms with Crippen molar-refractivity contribution >= 4 is 33.1 Å².